The Bertz CT molecular complexity index is 331. The Morgan fingerprint density at radius 2 is 1.44 bits per heavy atom. The fourth-order valence-corrected chi connectivity index (χ4v) is 2.66. The molecule has 0 heteroatoms. The molecule has 0 saturated heterocycles. The molecule has 1 aromatic carbocycles. The second-order valence-corrected chi connectivity index (χ2v) is 6.76. The summed E-state index contributed by atoms with van der Waals surface area (Å²) >= 11 is 0. The number of hydrogen-bond donors (Lipinski definition) is 0. The molecule has 0 unspecified atom stereocenters. The van der Waals surface area contributed by atoms with Crippen LogP contribution in [0.4, 0.5) is 0 Å². The lowest BCUT2D eigenvalue weighted by Crippen LogP contribution is -2.37. The molecule has 0 heterocycles. The summed E-state index contributed by atoms with van der Waals surface area (Å²) in [5, 5.41) is 0. The third kappa shape index (κ3) is 3.60. The first-order valence-electron chi connectivity index (χ1n) is 7.47. The van der Waals surface area contributed by atoms with Gasteiger partial charge in [-0.3, -0.25) is 0 Å². The Kier molecular flexibility index (Phi) is 5.44. The van der Waals surface area contributed by atoms with Gasteiger partial charge < -0.3 is 0 Å². The van der Waals surface area contributed by atoms with Crippen LogP contribution in [0.5, 0.6) is 0 Å². The second kappa shape index (κ2) is 6.41. The van der Waals surface area contributed by atoms with Crippen LogP contribution in [0.15, 0.2) is 30.3 Å². The van der Waals surface area contributed by atoms with E-state index in [1.807, 2.05) is 0 Å². The Balaban J connectivity index is 2.84. The maximum atomic E-state index is 2.44. The molecule has 18 heavy (non-hydrogen) atoms. The summed E-state index contributed by atoms with van der Waals surface area (Å²) < 4.78 is 0. The van der Waals surface area contributed by atoms with Gasteiger partial charge in [0.15, 0.2) is 0 Å². The van der Waals surface area contributed by atoms with Crippen LogP contribution in [0.25, 0.3) is 0 Å². The van der Waals surface area contributed by atoms with E-state index in [1.165, 1.54) is 37.7 Å². The highest BCUT2D eigenvalue weighted by Gasteiger charge is 2.38. The zero-order valence-corrected chi connectivity index (χ0v) is 12.9. The van der Waals surface area contributed by atoms with Crippen LogP contribution in [0, 0.1) is 5.41 Å². The van der Waals surface area contributed by atoms with Crippen LogP contribution in [0.3, 0.4) is 0 Å². The molecule has 0 aliphatic rings. The Labute approximate surface area is 114 Å². The Hall–Kier alpha value is -0.780. The van der Waals surface area contributed by atoms with E-state index >= 15 is 0 Å². The standard InChI is InChI=1S/C18H30/c1-6-7-8-12-15-18(5,17(2,3)4)16-13-10-9-11-14-16/h9-11,13-14H,6-8,12,15H2,1-5H3/t18-/m1/s1. The quantitative estimate of drug-likeness (QED) is 0.543. The lowest BCUT2D eigenvalue weighted by Gasteiger charge is -2.43. The molecule has 102 valence electrons. The SMILES string of the molecule is CCCCCC[C@](C)(c1ccccc1)C(C)(C)C. The van der Waals surface area contributed by atoms with E-state index in [9.17, 15) is 0 Å². The molecule has 0 aromatic heterocycles. The molecule has 0 spiro atoms. The molecule has 0 nitrogen and oxygen atoms in total. The number of benzene rings is 1. The van der Waals surface area contributed by atoms with Crippen LogP contribution < -0.4 is 0 Å². The van der Waals surface area contributed by atoms with Gasteiger partial charge in [-0.05, 0) is 22.8 Å². The average Bonchev–Trinajstić information content (AvgIpc) is 2.34. The normalized spacial score (nSPS) is 15.4. The molecule has 0 saturated carbocycles. The van der Waals surface area contributed by atoms with Gasteiger partial charge in [-0.1, -0.05) is 90.6 Å². The summed E-state index contributed by atoms with van der Waals surface area (Å²) in [6.45, 7) is 11.8. The van der Waals surface area contributed by atoms with Crippen LogP contribution in [0.1, 0.15) is 72.3 Å². The zero-order valence-electron chi connectivity index (χ0n) is 12.9. The summed E-state index contributed by atoms with van der Waals surface area (Å²) in [5.41, 5.74) is 2.08. The Morgan fingerprint density at radius 1 is 0.833 bits per heavy atom. The second-order valence-electron chi connectivity index (χ2n) is 6.76. The summed E-state index contributed by atoms with van der Waals surface area (Å²) in [5.74, 6) is 0. The lowest BCUT2D eigenvalue weighted by atomic mass is 9.61. The average molecular weight is 246 g/mol. The Morgan fingerprint density at radius 3 is 1.94 bits per heavy atom. The first-order chi connectivity index (χ1) is 8.42. The van der Waals surface area contributed by atoms with Crippen molar-refractivity contribution in [3.05, 3.63) is 35.9 Å². The fraction of sp³-hybridized carbons (Fsp3) is 0.667. The van der Waals surface area contributed by atoms with Crippen molar-refractivity contribution < 1.29 is 0 Å². The molecule has 0 bridgehead atoms. The van der Waals surface area contributed by atoms with E-state index in [4.69, 9.17) is 0 Å². The largest absolute Gasteiger partial charge is 0.0654 e. The van der Waals surface area contributed by atoms with Gasteiger partial charge in [0.2, 0.25) is 0 Å². The summed E-state index contributed by atoms with van der Waals surface area (Å²) in [6.07, 6.45) is 6.69. The topological polar surface area (TPSA) is 0 Å². The maximum Gasteiger partial charge on any atom is -0.00268 e. The summed E-state index contributed by atoms with van der Waals surface area (Å²) in [4.78, 5) is 0. The number of hydrogen-bond acceptors (Lipinski definition) is 0. The first kappa shape index (κ1) is 15.3. The number of unbranched alkanes of at least 4 members (excludes halogenated alkanes) is 3. The highest BCUT2D eigenvalue weighted by Crippen LogP contribution is 2.45. The molecular formula is C18H30. The zero-order chi connectivity index (χ0) is 13.6. The molecule has 0 radical (unpaired) electrons. The van der Waals surface area contributed by atoms with Crippen LogP contribution in [-0.4, -0.2) is 0 Å². The molecule has 1 rings (SSSR count). The van der Waals surface area contributed by atoms with Gasteiger partial charge in [-0.25, -0.2) is 0 Å². The molecule has 0 fully saturated rings. The molecule has 0 aliphatic carbocycles. The van der Waals surface area contributed by atoms with Crippen molar-refractivity contribution in [3.8, 4) is 0 Å². The van der Waals surface area contributed by atoms with Crippen LogP contribution in [-0.2, 0) is 5.41 Å². The van der Waals surface area contributed by atoms with Gasteiger partial charge >= 0.3 is 0 Å². The van der Waals surface area contributed by atoms with Gasteiger partial charge in [-0.15, -0.1) is 0 Å². The molecule has 0 N–H and O–H groups in total. The molecule has 0 amide bonds. The van der Waals surface area contributed by atoms with Gasteiger partial charge in [0.1, 0.15) is 0 Å². The van der Waals surface area contributed by atoms with Crippen molar-refractivity contribution in [1.29, 1.82) is 0 Å². The minimum absolute atomic E-state index is 0.280. The third-order valence-corrected chi connectivity index (χ3v) is 4.60. The van der Waals surface area contributed by atoms with E-state index in [2.05, 4.69) is 65.0 Å². The fourth-order valence-electron chi connectivity index (χ4n) is 2.66. The van der Waals surface area contributed by atoms with E-state index in [-0.39, 0.29) is 5.41 Å². The van der Waals surface area contributed by atoms with Gasteiger partial charge in [-0.2, -0.15) is 0 Å². The van der Waals surface area contributed by atoms with Crippen molar-refractivity contribution in [1.82, 2.24) is 0 Å². The van der Waals surface area contributed by atoms with Crippen molar-refractivity contribution >= 4 is 0 Å². The monoisotopic (exact) mass is 246 g/mol. The first-order valence-corrected chi connectivity index (χ1v) is 7.47. The van der Waals surface area contributed by atoms with E-state index in [0.29, 0.717) is 5.41 Å². The van der Waals surface area contributed by atoms with E-state index < -0.39 is 0 Å². The van der Waals surface area contributed by atoms with Crippen LogP contribution >= 0.6 is 0 Å². The van der Waals surface area contributed by atoms with Crippen molar-refractivity contribution in [2.45, 2.75) is 72.1 Å². The van der Waals surface area contributed by atoms with Crippen molar-refractivity contribution in [3.63, 3.8) is 0 Å². The minimum atomic E-state index is 0.280. The van der Waals surface area contributed by atoms with Gasteiger partial charge in [0.25, 0.3) is 0 Å². The summed E-state index contributed by atoms with van der Waals surface area (Å²) in [6, 6.07) is 11.1. The molecule has 1 aromatic rings. The molecular weight excluding hydrogens is 216 g/mol. The predicted molar refractivity (Wildman–Crippen MR) is 82.0 cm³/mol. The summed E-state index contributed by atoms with van der Waals surface area (Å²) in [7, 11) is 0. The molecule has 1 atom stereocenters. The highest BCUT2D eigenvalue weighted by molar-refractivity contribution is 5.26. The van der Waals surface area contributed by atoms with Crippen molar-refractivity contribution in [2.75, 3.05) is 0 Å². The van der Waals surface area contributed by atoms with E-state index in [0.717, 1.165) is 0 Å². The highest BCUT2D eigenvalue weighted by atomic mass is 14.4. The van der Waals surface area contributed by atoms with Gasteiger partial charge in [0.05, 0.1) is 0 Å². The minimum Gasteiger partial charge on any atom is -0.0654 e. The maximum absolute atomic E-state index is 2.44. The van der Waals surface area contributed by atoms with E-state index in [1.54, 1.807) is 0 Å². The van der Waals surface area contributed by atoms with Gasteiger partial charge in [0, 0.05) is 0 Å². The smallest absolute Gasteiger partial charge is 0.00268 e. The lowest BCUT2D eigenvalue weighted by molar-refractivity contribution is 0.183. The number of rotatable bonds is 6. The third-order valence-electron chi connectivity index (χ3n) is 4.60. The predicted octanol–water partition coefficient (Wildman–Crippen LogP) is 5.96. The van der Waals surface area contributed by atoms with Crippen molar-refractivity contribution in [2.24, 2.45) is 5.41 Å². The van der Waals surface area contributed by atoms with Crippen LogP contribution in [0.2, 0.25) is 0 Å². The molecule has 0 aliphatic heterocycles.